The Morgan fingerprint density at radius 2 is 1.70 bits per heavy atom. The number of nitrogens with zero attached hydrogens (tertiary/aromatic N) is 2. The van der Waals surface area contributed by atoms with Crippen molar-refractivity contribution in [2.24, 2.45) is 7.05 Å². The second-order valence-electron chi connectivity index (χ2n) is 3.96. The van der Waals surface area contributed by atoms with Crippen LogP contribution in [0.25, 0.3) is 0 Å². The number of aromatic nitrogens is 2. The van der Waals surface area contributed by atoms with Crippen molar-refractivity contribution in [2.45, 2.75) is 38.4 Å². The van der Waals surface area contributed by atoms with Gasteiger partial charge in [-0.1, -0.05) is 6.92 Å². The SMILES string of the molecule is CCc1nn(C)c(COC(C(F)(F)F)C(F)(F)F)c1Br. The lowest BCUT2D eigenvalue weighted by Crippen LogP contribution is -2.44. The minimum atomic E-state index is -5.52. The predicted octanol–water partition coefficient (Wildman–Crippen LogP) is 3.75. The van der Waals surface area contributed by atoms with E-state index in [0.717, 1.165) is 0 Å². The molecule has 3 nitrogen and oxygen atoms in total. The molecule has 10 heteroatoms. The summed E-state index contributed by atoms with van der Waals surface area (Å²) < 4.78 is 79.4. The molecule has 0 aliphatic heterocycles. The molecule has 0 N–H and O–H groups in total. The summed E-state index contributed by atoms with van der Waals surface area (Å²) in [4.78, 5) is 0. The van der Waals surface area contributed by atoms with E-state index in [0.29, 0.717) is 16.6 Å². The predicted molar refractivity (Wildman–Crippen MR) is 61.0 cm³/mol. The third kappa shape index (κ3) is 3.87. The maximum absolute atomic E-state index is 12.3. The molecule has 0 radical (unpaired) electrons. The van der Waals surface area contributed by atoms with Gasteiger partial charge in [-0.25, -0.2) is 0 Å². The van der Waals surface area contributed by atoms with Gasteiger partial charge in [-0.15, -0.1) is 0 Å². The molecule has 0 aliphatic carbocycles. The quantitative estimate of drug-likeness (QED) is 0.756. The Hall–Kier alpha value is -0.770. The third-order valence-corrected chi connectivity index (χ3v) is 3.40. The minimum absolute atomic E-state index is 0.111. The first kappa shape index (κ1) is 17.3. The van der Waals surface area contributed by atoms with Gasteiger partial charge < -0.3 is 4.74 Å². The maximum atomic E-state index is 12.3. The first-order valence-corrected chi connectivity index (χ1v) is 6.23. The van der Waals surface area contributed by atoms with E-state index < -0.39 is 25.1 Å². The Labute approximate surface area is 119 Å². The van der Waals surface area contributed by atoms with Gasteiger partial charge in [-0.2, -0.15) is 31.4 Å². The van der Waals surface area contributed by atoms with Crippen LogP contribution in [0.3, 0.4) is 0 Å². The molecular weight excluding hydrogens is 358 g/mol. The fraction of sp³-hybridized carbons (Fsp3) is 0.700. The molecule has 1 heterocycles. The van der Waals surface area contributed by atoms with Gasteiger partial charge in [0.05, 0.1) is 22.5 Å². The maximum Gasteiger partial charge on any atom is 0.423 e. The minimum Gasteiger partial charge on any atom is -0.354 e. The van der Waals surface area contributed by atoms with E-state index in [4.69, 9.17) is 0 Å². The van der Waals surface area contributed by atoms with Gasteiger partial charge in [0.25, 0.3) is 0 Å². The molecule has 0 aromatic carbocycles. The van der Waals surface area contributed by atoms with Crippen LogP contribution in [0.15, 0.2) is 4.47 Å². The first-order valence-electron chi connectivity index (χ1n) is 5.43. The molecule has 1 rings (SSSR count). The zero-order valence-electron chi connectivity index (χ0n) is 10.4. The molecule has 1 aromatic rings. The molecule has 0 saturated heterocycles. The highest BCUT2D eigenvalue weighted by molar-refractivity contribution is 9.10. The summed E-state index contributed by atoms with van der Waals surface area (Å²) in [5.74, 6) is 0. The van der Waals surface area contributed by atoms with Crippen LogP contribution in [0, 0.1) is 0 Å². The van der Waals surface area contributed by atoms with Crippen molar-refractivity contribution in [3.8, 4) is 0 Å². The summed E-state index contributed by atoms with van der Waals surface area (Å²) in [5, 5.41) is 3.96. The largest absolute Gasteiger partial charge is 0.423 e. The molecule has 0 amide bonds. The van der Waals surface area contributed by atoms with E-state index in [1.807, 2.05) is 0 Å². The van der Waals surface area contributed by atoms with Crippen molar-refractivity contribution >= 4 is 15.9 Å². The molecule has 0 spiro atoms. The molecular formula is C10H11BrF6N2O. The van der Waals surface area contributed by atoms with E-state index in [1.54, 1.807) is 6.92 Å². The Balaban J connectivity index is 2.92. The number of ether oxygens (including phenoxy) is 1. The second kappa shape index (κ2) is 5.92. The lowest BCUT2D eigenvalue weighted by molar-refractivity contribution is -0.324. The van der Waals surface area contributed by atoms with Crippen LogP contribution in [0.5, 0.6) is 0 Å². The van der Waals surface area contributed by atoms with Gasteiger partial charge in [-0.05, 0) is 22.4 Å². The lowest BCUT2D eigenvalue weighted by Gasteiger charge is -2.23. The highest BCUT2D eigenvalue weighted by atomic mass is 79.9. The van der Waals surface area contributed by atoms with Gasteiger partial charge in [0.1, 0.15) is 0 Å². The number of hydrogen-bond donors (Lipinski definition) is 0. The molecule has 116 valence electrons. The lowest BCUT2D eigenvalue weighted by atomic mass is 10.3. The van der Waals surface area contributed by atoms with Gasteiger partial charge in [0.2, 0.25) is 6.10 Å². The van der Waals surface area contributed by atoms with Crippen LogP contribution in [-0.2, 0) is 24.8 Å². The summed E-state index contributed by atoms with van der Waals surface area (Å²) in [6, 6.07) is 0. The van der Waals surface area contributed by atoms with Crippen LogP contribution in [0.4, 0.5) is 26.3 Å². The first-order chi connectivity index (χ1) is 8.98. The molecule has 0 saturated carbocycles. The van der Waals surface area contributed by atoms with E-state index in [-0.39, 0.29) is 5.69 Å². The summed E-state index contributed by atoms with van der Waals surface area (Å²) >= 11 is 3.09. The zero-order chi connectivity index (χ0) is 15.7. The van der Waals surface area contributed by atoms with E-state index in [2.05, 4.69) is 25.8 Å². The van der Waals surface area contributed by atoms with Crippen LogP contribution in [-0.4, -0.2) is 28.2 Å². The Morgan fingerprint density at radius 3 is 2.05 bits per heavy atom. The zero-order valence-corrected chi connectivity index (χ0v) is 12.0. The summed E-state index contributed by atoms with van der Waals surface area (Å²) in [5.41, 5.74) is 0.641. The van der Waals surface area contributed by atoms with Crippen molar-refractivity contribution in [1.29, 1.82) is 0 Å². The highest BCUT2D eigenvalue weighted by Gasteiger charge is 2.58. The normalized spacial score (nSPS) is 13.3. The van der Waals surface area contributed by atoms with Crippen LogP contribution in [0.1, 0.15) is 18.3 Å². The van der Waals surface area contributed by atoms with Crippen molar-refractivity contribution in [1.82, 2.24) is 9.78 Å². The van der Waals surface area contributed by atoms with Crippen LogP contribution < -0.4 is 0 Å². The molecule has 1 aromatic heterocycles. The fourth-order valence-electron chi connectivity index (χ4n) is 1.51. The molecule has 0 bridgehead atoms. The van der Waals surface area contributed by atoms with Crippen molar-refractivity contribution in [2.75, 3.05) is 0 Å². The van der Waals surface area contributed by atoms with Crippen LogP contribution in [0.2, 0.25) is 0 Å². The van der Waals surface area contributed by atoms with Crippen LogP contribution >= 0.6 is 15.9 Å². The van der Waals surface area contributed by atoms with Gasteiger partial charge in [0.15, 0.2) is 0 Å². The van der Waals surface area contributed by atoms with E-state index >= 15 is 0 Å². The van der Waals surface area contributed by atoms with Gasteiger partial charge >= 0.3 is 12.4 Å². The fourth-order valence-corrected chi connectivity index (χ4v) is 2.24. The number of aryl methyl sites for hydroxylation is 2. The van der Waals surface area contributed by atoms with Crippen molar-refractivity contribution in [3.63, 3.8) is 0 Å². The monoisotopic (exact) mass is 368 g/mol. The smallest absolute Gasteiger partial charge is 0.354 e. The second-order valence-corrected chi connectivity index (χ2v) is 4.75. The highest BCUT2D eigenvalue weighted by Crippen LogP contribution is 2.36. The summed E-state index contributed by atoms with van der Waals surface area (Å²) in [6.45, 7) is 0.903. The topological polar surface area (TPSA) is 27.1 Å². The average molecular weight is 369 g/mol. The van der Waals surface area contributed by atoms with Gasteiger partial charge in [0, 0.05) is 7.05 Å². The molecule has 20 heavy (non-hydrogen) atoms. The molecule has 0 unspecified atom stereocenters. The Morgan fingerprint density at radius 1 is 1.20 bits per heavy atom. The number of alkyl halides is 6. The van der Waals surface area contributed by atoms with Crippen molar-refractivity contribution in [3.05, 3.63) is 15.9 Å². The average Bonchev–Trinajstić information content (AvgIpc) is 2.52. The van der Waals surface area contributed by atoms with Gasteiger partial charge in [-0.3, -0.25) is 4.68 Å². The number of hydrogen-bond acceptors (Lipinski definition) is 2. The Kier molecular flexibility index (Phi) is 5.12. The standard InChI is InChI=1S/C10H11BrF6N2O/c1-3-5-7(11)6(19(2)18-5)4-20-8(9(12,13)14)10(15,16)17/h8H,3-4H2,1-2H3. The van der Waals surface area contributed by atoms with E-state index in [9.17, 15) is 26.3 Å². The molecule has 0 atom stereocenters. The number of rotatable bonds is 4. The third-order valence-electron chi connectivity index (χ3n) is 2.48. The molecule has 0 fully saturated rings. The van der Waals surface area contributed by atoms with E-state index in [1.165, 1.54) is 11.7 Å². The van der Waals surface area contributed by atoms with Crippen molar-refractivity contribution < 1.29 is 31.1 Å². The summed E-state index contributed by atoms with van der Waals surface area (Å²) in [7, 11) is 1.42. The molecule has 0 aliphatic rings. The number of halogens is 7. The Bertz CT molecular complexity index is 454. The summed E-state index contributed by atoms with van der Waals surface area (Å²) in [6.07, 6.45) is -14.4.